The normalized spacial score (nSPS) is 10.8. The third kappa shape index (κ3) is 1.53. The number of anilines is 1. The Bertz CT molecular complexity index is 631. The van der Waals surface area contributed by atoms with Crippen LogP contribution in [0.2, 0.25) is 0 Å². The van der Waals surface area contributed by atoms with E-state index in [1.54, 1.807) is 23.7 Å². The van der Waals surface area contributed by atoms with Crippen molar-refractivity contribution in [2.75, 3.05) is 5.73 Å². The maximum absolute atomic E-state index is 5.74. The zero-order valence-corrected chi connectivity index (χ0v) is 9.24. The van der Waals surface area contributed by atoms with Gasteiger partial charge in [0, 0.05) is 23.6 Å². The van der Waals surface area contributed by atoms with Gasteiger partial charge in [0.25, 0.3) is 0 Å². The first-order valence-electron chi connectivity index (χ1n) is 4.89. The smallest absolute Gasteiger partial charge is 0.124 e. The molecule has 0 spiro atoms. The lowest BCUT2D eigenvalue weighted by Gasteiger charge is -1.91. The van der Waals surface area contributed by atoms with Crippen LogP contribution in [0.5, 0.6) is 0 Å². The molecule has 0 aliphatic heterocycles. The fourth-order valence-corrected chi connectivity index (χ4v) is 2.58. The van der Waals surface area contributed by atoms with Gasteiger partial charge in [-0.3, -0.25) is 4.98 Å². The summed E-state index contributed by atoms with van der Waals surface area (Å²) in [5.74, 6) is 0. The summed E-state index contributed by atoms with van der Waals surface area (Å²) in [5, 5.41) is 1.00. The van der Waals surface area contributed by atoms with E-state index in [2.05, 4.69) is 9.97 Å². The predicted octanol–water partition coefficient (Wildman–Crippen LogP) is 2.94. The number of aromatic nitrogens is 2. The molecule has 0 atom stereocenters. The number of benzene rings is 1. The molecule has 16 heavy (non-hydrogen) atoms. The van der Waals surface area contributed by atoms with Crippen LogP contribution in [-0.2, 0) is 0 Å². The van der Waals surface area contributed by atoms with Crippen LogP contribution in [0.4, 0.5) is 5.69 Å². The third-order valence-electron chi connectivity index (χ3n) is 2.34. The van der Waals surface area contributed by atoms with Gasteiger partial charge in [-0.15, -0.1) is 11.3 Å². The summed E-state index contributed by atoms with van der Waals surface area (Å²) < 4.78 is 1.12. The summed E-state index contributed by atoms with van der Waals surface area (Å²) in [6.07, 6.45) is 3.55. The first-order valence-corrected chi connectivity index (χ1v) is 5.71. The average Bonchev–Trinajstić information content (AvgIpc) is 2.73. The predicted molar refractivity (Wildman–Crippen MR) is 67.3 cm³/mol. The van der Waals surface area contributed by atoms with E-state index in [4.69, 9.17) is 5.73 Å². The number of nitrogen functional groups attached to an aromatic ring is 1. The largest absolute Gasteiger partial charge is 0.399 e. The van der Waals surface area contributed by atoms with Crippen LogP contribution in [0.3, 0.4) is 0 Å². The summed E-state index contributed by atoms with van der Waals surface area (Å²) in [4.78, 5) is 8.56. The van der Waals surface area contributed by atoms with Crippen molar-refractivity contribution in [2.45, 2.75) is 0 Å². The molecule has 0 bridgehead atoms. The minimum Gasteiger partial charge on any atom is -0.399 e. The Labute approximate surface area is 96.6 Å². The zero-order chi connectivity index (χ0) is 11.0. The molecule has 3 nitrogen and oxygen atoms in total. The van der Waals surface area contributed by atoms with Gasteiger partial charge in [-0.05, 0) is 30.3 Å². The molecule has 0 aliphatic rings. The van der Waals surface area contributed by atoms with Gasteiger partial charge >= 0.3 is 0 Å². The molecule has 0 unspecified atom stereocenters. The van der Waals surface area contributed by atoms with Crippen molar-refractivity contribution in [2.24, 2.45) is 0 Å². The van der Waals surface area contributed by atoms with Gasteiger partial charge in [-0.25, -0.2) is 4.98 Å². The molecule has 1 aromatic carbocycles. The van der Waals surface area contributed by atoms with E-state index in [0.717, 1.165) is 26.5 Å². The number of thiazole rings is 1. The lowest BCUT2D eigenvalue weighted by atomic mass is 10.3. The van der Waals surface area contributed by atoms with Gasteiger partial charge in [0.05, 0.1) is 10.2 Å². The quantitative estimate of drug-likeness (QED) is 0.650. The Morgan fingerprint density at radius 3 is 2.69 bits per heavy atom. The number of nitrogens with zero attached hydrogens (tertiary/aromatic N) is 2. The molecule has 3 aromatic rings. The van der Waals surface area contributed by atoms with E-state index < -0.39 is 0 Å². The van der Waals surface area contributed by atoms with Crippen molar-refractivity contribution >= 4 is 27.2 Å². The highest BCUT2D eigenvalue weighted by molar-refractivity contribution is 7.21. The number of rotatable bonds is 1. The lowest BCUT2D eigenvalue weighted by molar-refractivity contribution is 1.32. The van der Waals surface area contributed by atoms with Gasteiger partial charge in [-0.1, -0.05) is 0 Å². The van der Waals surface area contributed by atoms with E-state index in [-0.39, 0.29) is 0 Å². The highest BCUT2D eigenvalue weighted by Gasteiger charge is 2.05. The minimum absolute atomic E-state index is 0.775. The molecule has 2 N–H and O–H groups in total. The summed E-state index contributed by atoms with van der Waals surface area (Å²) in [6, 6.07) is 9.70. The molecule has 2 aromatic heterocycles. The Balaban J connectivity index is 2.19. The van der Waals surface area contributed by atoms with Crippen molar-refractivity contribution < 1.29 is 0 Å². The fraction of sp³-hybridized carbons (Fsp3) is 0. The molecule has 0 radical (unpaired) electrons. The molecular formula is C12H9N3S. The number of pyridine rings is 1. The Kier molecular flexibility index (Phi) is 2.08. The van der Waals surface area contributed by atoms with Crippen molar-refractivity contribution in [3.63, 3.8) is 0 Å². The van der Waals surface area contributed by atoms with E-state index in [0.29, 0.717) is 0 Å². The maximum Gasteiger partial charge on any atom is 0.124 e. The molecule has 4 heteroatoms. The number of hydrogen-bond acceptors (Lipinski definition) is 4. The number of fused-ring (bicyclic) bond motifs is 1. The van der Waals surface area contributed by atoms with Crippen molar-refractivity contribution in [1.82, 2.24) is 9.97 Å². The molecule has 0 amide bonds. The van der Waals surface area contributed by atoms with E-state index in [1.165, 1.54) is 0 Å². The summed E-state index contributed by atoms with van der Waals surface area (Å²) in [6.45, 7) is 0. The molecule has 0 fully saturated rings. The van der Waals surface area contributed by atoms with Crippen molar-refractivity contribution in [3.05, 3.63) is 42.7 Å². The van der Waals surface area contributed by atoms with E-state index in [9.17, 15) is 0 Å². The second-order valence-corrected chi connectivity index (χ2v) is 4.51. The standard InChI is InChI=1S/C12H9N3S/c13-9-1-2-10-11(7-9)16-12(15-10)8-3-5-14-6-4-8/h1-7H,13H2. The van der Waals surface area contributed by atoms with Gasteiger partial charge in [0.15, 0.2) is 0 Å². The van der Waals surface area contributed by atoms with Crippen molar-refractivity contribution in [3.8, 4) is 10.6 Å². The number of nitrogens with two attached hydrogens (primary N) is 1. The van der Waals surface area contributed by atoms with Crippen LogP contribution in [0.1, 0.15) is 0 Å². The molecule has 0 saturated heterocycles. The monoisotopic (exact) mass is 227 g/mol. The van der Waals surface area contributed by atoms with Crippen LogP contribution < -0.4 is 5.73 Å². The fourth-order valence-electron chi connectivity index (χ4n) is 1.56. The van der Waals surface area contributed by atoms with Gasteiger partial charge < -0.3 is 5.73 Å². The Hall–Kier alpha value is -1.94. The zero-order valence-electron chi connectivity index (χ0n) is 8.42. The van der Waals surface area contributed by atoms with Gasteiger partial charge in [0.2, 0.25) is 0 Å². The summed E-state index contributed by atoms with van der Waals surface area (Å²) >= 11 is 1.65. The SMILES string of the molecule is Nc1ccc2nc(-c3ccncc3)sc2c1. The first kappa shape index (κ1) is 9.30. The number of hydrogen-bond donors (Lipinski definition) is 1. The van der Waals surface area contributed by atoms with Crippen LogP contribution in [-0.4, -0.2) is 9.97 Å². The van der Waals surface area contributed by atoms with Crippen LogP contribution >= 0.6 is 11.3 Å². The van der Waals surface area contributed by atoms with Gasteiger partial charge in [-0.2, -0.15) is 0 Å². The first-order chi connectivity index (χ1) is 7.83. The molecule has 0 aliphatic carbocycles. The topological polar surface area (TPSA) is 51.8 Å². The van der Waals surface area contributed by atoms with Crippen molar-refractivity contribution in [1.29, 1.82) is 0 Å². The van der Waals surface area contributed by atoms with Gasteiger partial charge in [0.1, 0.15) is 5.01 Å². The molecular weight excluding hydrogens is 218 g/mol. The second-order valence-electron chi connectivity index (χ2n) is 3.48. The summed E-state index contributed by atoms with van der Waals surface area (Å²) in [7, 11) is 0. The molecule has 3 rings (SSSR count). The highest BCUT2D eigenvalue weighted by atomic mass is 32.1. The Morgan fingerprint density at radius 2 is 1.88 bits per heavy atom. The summed E-state index contributed by atoms with van der Waals surface area (Å²) in [5.41, 5.74) is 8.60. The van der Waals surface area contributed by atoms with Crippen LogP contribution in [0.15, 0.2) is 42.7 Å². The maximum atomic E-state index is 5.74. The molecule has 0 saturated carbocycles. The average molecular weight is 227 g/mol. The Morgan fingerprint density at radius 1 is 1.06 bits per heavy atom. The third-order valence-corrected chi connectivity index (χ3v) is 3.41. The molecule has 2 heterocycles. The molecule has 78 valence electrons. The minimum atomic E-state index is 0.775. The van der Waals surface area contributed by atoms with E-state index >= 15 is 0 Å². The second kappa shape index (κ2) is 3.57. The van der Waals surface area contributed by atoms with Crippen LogP contribution in [0.25, 0.3) is 20.8 Å². The highest BCUT2D eigenvalue weighted by Crippen LogP contribution is 2.30. The lowest BCUT2D eigenvalue weighted by Crippen LogP contribution is -1.81. The van der Waals surface area contributed by atoms with E-state index in [1.807, 2.05) is 30.3 Å². The van der Waals surface area contributed by atoms with Crippen LogP contribution in [0, 0.1) is 0 Å².